The lowest BCUT2D eigenvalue weighted by atomic mass is 10.1. The summed E-state index contributed by atoms with van der Waals surface area (Å²) in [4.78, 5) is 11.3. The molecule has 0 fully saturated rings. The molecule has 4 heteroatoms. The molecule has 0 saturated heterocycles. The number of hydrogen-bond acceptors (Lipinski definition) is 4. The van der Waals surface area contributed by atoms with Crippen LogP contribution >= 0.6 is 0 Å². The quantitative estimate of drug-likeness (QED) is 0.788. The average molecular weight is 220 g/mol. The molecule has 2 aromatic rings. The molecule has 4 nitrogen and oxygen atoms in total. The third-order valence-corrected chi connectivity index (χ3v) is 2.29. The summed E-state index contributed by atoms with van der Waals surface area (Å²) in [7, 11) is 0. The van der Waals surface area contributed by atoms with Gasteiger partial charge in [-0.25, -0.2) is 4.79 Å². The molecule has 0 bridgehead atoms. The highest BCUT2D eigenvalue weighted by molar-refractivity contribution is 5.87. The number of ether oxygens (including phenoxy) is 1. The van der Waals surface area contributed by atoms with Crippen LogP contribution in [-0.2, 0) is 0 Å². The van der Waals surface area contributed by atoms with Gasteiger partial charge in [0.1, 0.15) is 17.1 Å². The van der Waals surface area contributed by atoms with Gasteiger partial charge in [0.2, 0.25) is 0 Å². The Bertz CT molecular complexity index is 583. The molecule has 0 atom stereocenters. The molecule has 0 amide bonds. The van der Waals surface area contributed by atoms with Crippen molar-refractivity contribution < 1.29 is 14.3 Å². The predicted octanol–water partition coefficient (Wildman–Crippen LogP) is 2.21. The minimum atomic E-state index is -0.485. The lowest BCUT2D eigenvalue weighted by Crippen LogP contribution is -2.01. The Morgan fingerprint density at radius 3 is 2.81 bits per heavy atom. The second-order valence-electron chi connectivity index (χ2n) is 3.50. The molecule has 2 rings (SSSR count). The Morgan fingerprint density at radius 1 is 1.38 bits per heavy atom. The summed E-state index contributed by atoms with van der Waals surface area (Å²) in [5, 5.41) is 10.1. The Labute approximate surface area is 92.1 Å². The van der Waals surface area contributed by atoms with Crippen molar-refractivity contribution in [2.75, 3.05) is 6.61 Å². The molecule has 16 heavy (non-hydrogen) atoms. The lowest BCUT2D eigenvalue weighted by Gasteiger charge is -2.08. The molecule has 84 valence electrons. The zero-order valence-corrected chi connectivity index (χ0v) is 9.11. The van der Waals surface area contributed by atoms with Gasteiger partial charge in [0.15, 0.2) is 0 Å². The van der Waals surface area contributed by atoms with Crippen molar-refractivity contribution in [3.8, 4) is 11.5 Å². The van der Waals surface area contributed by atoms with Crippen LogP contribution in [0, 0.1) is 6.92 Å². The number of fused-ring (bicyclic) bond motifs is 1. The number of phenolic OH excluding ortho intramolecular Hbond substituents is 1. The molecule has 0 spiro atoms. The van der Waals surface area contributed by atoms with E-state index in [0.29, 0.717) is 17.9 Å². The van der Waals surface area contributed by atoms with Crippen molar-refractivity contribution in [2.45, 2.75) is 13.8 Å². The standard InChI is InChI=1S/C12H12O4/c1-3-15-9-6-11(14)16-10-5-8(13)4-7(2)12(9)10/h4-6,13H,3H2,1-2H3. The van der Waals surface area contributed by atoms with Crippen LogP contribution in [0.5, 0.6) is 11.5 Å². The van der Waals surface area contributed by atoms with Gasteiger partial charge in [-0.2, -0.15) is 0 Å². The van der Waals surface area contributed by atoms with Gasteiger partial charge in [-0.3, -0.25) is 0 Å². The Balaban J connectivity index is 2.84. The van der Waals surface area contributed by atoms with Gasteiger partial charge < -0.3 is 14.3 Å². The number of aromatic hydroxyl groups is 1. The SMILES string of the molecule is CCOc1cc(=O)oc2cc(O)cc(C)c12. The molecule has 0 aliphatic carbocycles. The van der Waals surface area contributed by atoms with Crippen LogP contribution in [0.4, 0.5) is 0 Å². The fourth-order valence-electron chi connectivity index (χ4n) is 1.72. The summed E-state index contributed by atoms with van der Waals surface area (Å²) in [5.74, 6) is 0.563. The van der Waals surface area contributed by atoms with Gasteiger partial charge >= 0.3 is 5.63 Å². The summed E-state index contributed by atoms with van der Waals surface area (Å²) in [6.07, 6.45) is 0. The smallest absolute Gasteiger partial charge is 0.339 e. The van der Waals surface area contributed by atoms with E-state index < -0.39 is 5.63 Å². The molecule has 0 unspecified atom stereocenters. The van der Waals surface area contributed by atoms with Crippen LogP contribution < -0.4 is 10.4 Å². The van der Waals surface area contributed by atoms with Crippen molar-refractivity contribution in [1.29, 1.82) is 0 Å². The number of phenols is 1. The van der Waals surface area contributed by atoms with E-state index >= 15 is 0 Å². The van der Waals surface area contributed by atoms with Gasteiger partial charge in [-0.1, -0.05) is 0 Å². The minimum Gasteiger partial charge on any atom is -0.508 e. The number of aryl methyl sites for hydroxylation is 1. The first kappa shape index (κ1) is 10.5. The Morgan fingerprint density at radius 2 is 2.12 bits per heavy atom. The maximum absolute atomic E-state index is 11.3. The van der Waals surface area contributed by atoms with Crippen LogP contribution in [0.3, 0.4) is 0 Å². The molecule has 1 heterocycles. The fraction of sp³-hybridized carbons (Fsp3) is 0.250. The number of benzene rings is 1. The molecule has 1 aromatic carbocycles. The van der Waals surface area contributed by atoms with Crippen molar-refractivity contribution in [2.24, 2.45) is 0 Å². The first-order valence-corrected chi connectivity index (χ1v) is 5.02. The van der Waals surface area contributed by atoms with Gasteiger partial charge in [-0.05, 0) is 25.5 Å². The number of hydrogen-bond donors (Lipinski definition) is 1. The van der Waals surface area contributed by atoms with Gasteiger partial charge in [0, 0.05) is 6.07 Å². The zero-order chi connectivity index (χ0) is 11.7. The van der Waals surface area contributed by atoms with Crippen molar-refractivity contribution in [1.82, 2.24) is 0 Å². The van der Waals surface area contributed by atoms with Crippen molar-refractivity contribution >= 4 is 11.0 Å². The highest BCUT2D eigenvalue weighted by Gasteiger charge is 2.10. The van der Waals surface area contributed by atoms with Crippen molar-refractivity contribution in [3.63, 3.8) is 0 Å². The zero-order valence-electron chi connectivity index (χ0n) is 9.11. The number of rotatable bonds is 2. The highest BCUT2D eigenvalue weighted by atomic mass is 16.5. The Hall–Kier alpha value is -1.97. The second-order valence-corrected chi connectivity index (χ2v) is 3.50. The summed E-state index contributed by atoms with van der Waals surface area (Å²) >= 11 is 0. The average Bonchev–Trinajstić information content (AvgIpc) is 2.15. The summed E-state index contributed by atoms with van der Waals surface area (Å²) in [5.41, 5.74) is 0.664. The van der Waals surface area contributed by atoms with Crippen LogP contribution in [0.25, 0.3) is 11.0 Å². The van der Waals surface area contributed by atoms with E-state index in [1.807, 2.05) is 13.8 Å². The molecule has 0 aliphatic rings. The summed E-state index contributed by atoms with van der Waals surface area (Å²) in [6, 6.07) is 4.33. The van der Waals surface area contributed by atoms with E-state index in [1.54, 1.807) is 6.07 Å². The van der Waals surface area contributed by atoms with Crippen molar-refractivity contribution in [3.05, 3.63) is 34.2 Å². The third kappa shape index (κ3) is 1.74. The van der Waals surface area contributed by atoms with Gasteiger partial charge in [0.25, 0.3) is 0 Å². The summed E-state index contributed by atoms with van der Waals surface area (Å²) < 4.78 is 10.4. The molecule has 0 aliphatic heterocycles. The Kier molecular flexibility index (Phi) is 2.56. The van der Waals surface area contributed by atoms with E-state index in [1.165, 1.54) is 12.1 Å². The minimum absolute atomic E-state index is 0.0711. The molecule has 0 saturated carbocycles. The summed E-state index contributed by atoms with van der Waals surface area (Å²) in [6.45, 7) is 4.14. The normalized spacial score (nSPS) is 10.6. The molecule has 1 N–H and O–H groups in total. The van der Waals surface area contributed by atoms with E-state index in [4.69, 9.17) is 9.15 Å². The van der Waals surface area contributed by atoms with Crippen LogP contribution in [-0.4, -0.2) is 11.7 Å². The molecule has 0 radical (unpaired) electrons. The lowest BCUT2D eigenvalue weighted by molar-refractivity contribution is 0.340. The van der Waals surface area contributed by atoms with E-state index in [0.717, 1.165) is 10.9 Å². The first-order chi connectivity index (χ1) is 7.61. The largest absolute Gasteiger partial charge is 0.508 e. The van der Waals surface area contributed by atoms with E-state index in [9.17, 15) is 9.90 Å². The van der Waals surface area contributed by atoms with Gasteiger partial charge in [-0.15, -0.1) is 0 Å². The highest BCUT2D eigenvalue weighted by Crippen LogP contribution is 2.30. The topological polar surface area (TPSA) is 59.7 Å². The second kappa shape index (κ2) is 3.89. The molecular formula is C12H12O4. The van der Waals surface area contributed by atoms with Gasteiger partial charge in [0.05, 0.1) is 18.1 Å². The van der Waals surface area contributed by atoms with Crippen LogP contribution in [0.15, 0.2) is 27.4 Å². The fourth-order valence-corrected chi connectivity index (χ4v) is 1.72. The predicted molar refractivity (Wildman–Crippen MR) is 60.1 cm³/mol. The monoisotopic (exact) mass is 220 g/mol. The molecular weight excluding hydrogens is 208 g/mol. The van der Waals surface area contributed by atoms with E-state index in [-0.39, 0.29) is 5.75 Å². The first-order valence-electron chi connectivity index (χ1n) is 5.02. The molecule has 1 aromatic heterocycles. The maximum atomic E-state index is 11.3. The van der Waals surface area contributed by atoms with Crippen LogP contribution in [0.2, 0.25) is 0 Å². The maximum Gasteiger partial charge on any atom is 0.339 e. The van der Waals surface area contributed by atoms with Crippen LogP contribution in [0.1, 0.15) is 12.5 Å². The van der Waals surface area contributed by atoms with E-state index in [2.05, 4.69) is 0 Å². The third-order valence-electron chi connectivity index (χ3n) is 2.29.